The van der Waals surface area contributed by atoms with E-state index in [0.29, 0.717) is 17.0 Å². The molecule has 168 valence electrons. The van der Waals surface area contributed by atoms with Crippen molar-refractivity contribution in [3.63, 3.8) is 0 Å². The van der Waals surface area contributed by atoms with E-state index < -0.39 is 21.7 Å². The normalized spacial score (nSPS) is 16.9. The molecule has 0 saturated heterocycles. The number of benzene rings is 2. The Labute approximate surface area is 185 Å². The van der Waals surface area contributed by atoms with Gasteiger partial charge in [-0.15, -0.1) is 0 Å². The highest BCUT2D eigenvalue weighted by Gasteiger charge is 2.38. The number of ether oxygens (including phenoxy) is 1. The Hall–Kier alpha value is -2.54. The molecule has 1 atom stereocenters. The zero-order chi connectivity index (χ0) is 22.9. The van der Waals surface area contributed by atoms with Crippen molar-refractivity contribution in [1.82, 2.24) is 5.32 Å². The third-order valence-electron chi connectivity index (χ3n) is 4.99. The maximum absolute atomic E-state index is 13.3. The van der Waals surface area contributed by atoms with Crippen molar-refractivity contribution in [3.8, 4) is 5.75 Å². The second kappa shape index (κ2) is 8.54. The molecule has 1 aliphatic rings. The van der Waals surface area contributed by atoms with Gasteiger partial charge in [-0.05, 0) is 43.4 Å². The third-order valence-corrected chi connectivity index (χ3v) is 6.70. The van der Waals surface area contributed by atoms with Crippen LogP contribution in [0.25, 0.3) is 0 Å². The van der Waals surface area contributed by atoms with Crippen LogP contribution in [0, 0.1) is 5.41 Å². The molecule has 1 unspecified atom stereocenters. The molecular weight excluding hydrogens is 412 g/mol. The summed E-state index contributed by atoms with van der Waals surface area (Å²) in [5.41, 5.74) is 0.723. The minimum atomic E-state index is -3.72. The summed E-state index contributed by atoms with van der Waals surface area (Å²) >= 11 is 0. The number of sulfonamides is 1. The summed E-state index contributed by atoms with van der Waals surface area (Å²) in [5.74, 6) is -0.0747. The van der Waals surface area contributed by atoms with Crippen LogP contribution < -0.4 is 14.4 Å². The van der Waals surface area contributed by atoms with Crippen molar-refractivity contribution in [1.29, 1.82) is 0 Å². The largest absolute Gasteiger partial charge is 0.476 e. The fourth-order valence-electron chi connectivity index (χ4n) is 4.25. The first-order chi connectivity index (χ1) is 14.4. The Morgan fingerprint density at radius 3 is 2.29 bits per heavy atom. The van der Waals surface area contributed by atoms with Gasteiger partial charge in [0, 0.05) is 5.54 Å². The van der Waals surface area contributed by atoms with Crippen LogP contribution in [0.5, 0.6) is 5.75 Å². The molecule has 0 saturated carbocycles. The second-order valence-electron chi connectivity index (χ2n) is 9.96. The number of fused-ring (bicyclic) bond motifs is 1. The predicted octanol–water partition coefficient (Wildman–Crippen LogP) is 4.12. The van der Waals surface area contributed by atoms with Crippen molar-refractivity contribution in [2.75, 3.05) is 10.8 Å². The fourth-order valence-corrected chi connectivity index (χ4v) is 5.83. The van der Waals surface area contributed by atoms with Crippen LogP contribution >= 0.6 is 0 Å². The highest BCUT2D eigenvalue weighted by molar-refractivity contribution is 7.92. The molecule has 0 aliphatic carbocycles. The van der Waals surface area contributed by atoms with E-state index in [-0.39, 0.29) is 23.6 Å². The van der Waals surface area contributed by atoms with Crippen molar-refractivity contribution < 1.29 is 17.9 Å². The van der Waals surface area contributed by atoms with Gasteiger partial charge in [0.05, 0.1) is 18.0 Å². The van der Waals surface area contributed by atoms with E-state index in [2.05, 4.69) is 26.1 Å². The van der Waals surface area contributed by atoms with Gasteiger partial charge in [0.1, 0.15) is 5.75 Å². The number of carbonyl (C=O) groups excluding carboxylic acids is 1. The Morgan fingerprint density at radius 1 is 1.03 bits per heavy atom. The van der Waals surface area contributed by atoms with Gasteiger partial charge in [-0.3, -0.25) is 9.10 Å². The number of carbonyl (C=O) groups is 1. The smallest absolute Gasteiger partial charge is 0.263 e. The minimum Gasteiger partial charge on any atom is -0.476 e. The molecule has 0 fully saturated rings. The monoisotopic (exact) mass is 444 g/mol. The van der Waals surface area contributed by atoms with Crippen LogP contribution in [-0.4, -0.2) is 32.5 Å². The van der Waals surface area contributed by atoms with Crippen LogP contribution in [0.15, 0.2) is 54.6 Å². The summed E-state index contributed by atoms with van der Waals surface area (Å²) in [7, 11) is -3.72. The molecule has 1 heterocycles. The van der Waals surface area contributed by atoms with Gasteiger partial charge in [-0.2, -0.15) is 0 Å². The summed E-state index contributed by atoms with van der Waals surface area (Å²) in [6.45, 7) is 10.2. The van der Waals surface area contributed by atoms with Crippen LogP contribution in [0.2, 0.25) is 0 Å². The Bertz CT molecular complexity index is 1030. The number of rotatable bonds is 6. The fraction of sp³-hybridized carbons (Fsp3) is 0.458. The van der Waals surface area contributed by atoms with Gasteiger partial charge in [0.2, 0.25) is 10.0 Å². The molecule has 3 rings (SSSR count). The maximum Gasteiger partial charge on any atom is 0.263 e. The quantitative estimate of drug-likeness (QED) is 0.727. The second-order valence-corrected chi connectivity index (χ2v) is 11.9. The summed E-state index contributed by atoms with van der Waals surface area (Å²) in [4.78, 5) is 13.1. The molecular formula is C24H32N2O4S. The maximum atomic E-state index is 13.3. The molecule has 1 N–H and O–H groups in total. The standard InChI is InChI=1S/C24H32N2O4S/c1-23(2,3)17-24(4,5)25-22(27)21-15-26(19-13-9-10-14-20(19)30-21)31(28,29)16-18-11-7-6-8-12-18/h6-14,21H,15-17H2,1-5H3,(H,25,27). The van der Waals surface area contributed by atoms with Gasteiger partial charge in [0.25, 0.3) is 5.91 Å². The van der Waals surface area contributed by atoms with Crippen LogP contribution in [0.1, 0.15) is 46.6 Å². The summed E-state index contributed by atoms with van der Waals surface area (Å²) in [6, 6.07) is 16.0. The summed E-state index contributed by atoms with van der Waals surface area (Å²) < 4.78 is 33.8. The number of anilines is 1. The lowest BCUT2D eigenvalue weighted by Gasteiger charge is -2.38. The van der Waals surface area contributed by atoms with Gasteiger partial charge >= 0.3 is 0 Å². The number of nitrogens with zero attached hydrogens (tertiary/aromatic N) is 1. The summed E-state index contributed by atoms with van der Waals surface area (Å²) in [6.07, 6.45) is -0.162. The van der Waals surface area contributed by atoms with Crippen molar-refractivity contribution in [2.45, 2.75) is 58.4 Å². The number of hydrogen-bond acceptors (Lipinski definition) is 4. The minimum absolute atomic E-state index is 0.0296. The van der Waals surface area contributed by atoms with E-state index in [1.54, 1.807) is 36.4 Å². The highest BCUT2D eigenvalue weighted by atomic mass is 32.2. The van der Waals surface area contributed by atoms with Crippen LogP contribution in [-0.2, 0) is 20.6 Å². The first-order valence-corrected chi connectivity index (χ1v) is 12.1. The lowest BCUT2D eigenvalue weighted by molar-refractivity contribution is -0.129. The molecule has 31 heavy (non-hydrogen) atoms. The number of nitrogens with one attached hydrogen (secondary N) is 1. The topological polar surface area (TPSA) is 75.7 Å². The highest BCUT2D eigenvalue weighted by Crippen LogP contribution is 2.36. The third kappa shape index (κ3) is 6.00. The van der Waals surface area contributed by atoms with Crippen LogP contribution in [0.3, 0.4) is 0 Å². The molecule has 1 amide bonds. The molecule has 0 radical (unpaired) electrons. The summed E-state index contributed by atoms with van der Waals surface area (Å²) in [5, 5.41) is 3.05. The van der Waals surface area contributed by atoms with Crippen molar-refractivity contribution >= 4 is 21.6 Å². The molecule has 1 aliphatic heterocycles. The van der Waals surface area contributed by atoms with Gasteiger partial charge in [-0.1, -0.05) is 63.2 Å². The first kappa shape index (κ1) is 23.1. The average molecular weight is 445 g/mol. The first-order valence-electron chi connectivity index (χ1n) is 10.5. The van der Waals surface area contributed by atoms with Gasteiger partial charge in [0.15, 0.2) is 6.10 Å². The van der Waals surface area contributed by atoms with Crippen LogP contribution in [0.4, 0.5) is 5.69 Å². The van der Waals surface area contributed by atoms with E-state index in [1.165, 1.54) is 4.31 Å². The Balaban J connectivity index is 1.85. The average Bonchev–Trinajstić information content (AvgIpc) is 2.65. The van der Waals surface area contributed by atoms with Gasteiger partial charge < -0.3 is 10.1 Å². The predicted molar refractivity (Wildman–Crippen MR) is 124 cm³/mol. The van der Waals surface area contributed by atoms with E-state index in [4.69, 9.17) is 4.74 Å². The molecule has 7 heteroatoms. The SMILES string of the molecule is CC(C)(C)CC(C)(C)NC(=O)C1CN(S(=O)(=O)Cc2ccccc2)c2ccccc2O1. The zero-order valence-electron chi connectivity index (χ0n) is 18.9. The molecule has 2 aromatic rings. The molecule has 2 aromatic carbocycles. The van der Waals surface area contributed by atoms with Crippen molar-refractivity contribution in [2.24, 2.45) is 5.41 Å². The zero-order valence-corrected chi connectivity index (χ0v) is 19.7. The number of para-hydroxylation sites is 2. The number of amides is 1. The van der Waals surface area contributed by atoms with E-state index >= 15 is 0 Å². The van der Waals surface area contributed by atoms with Crippen molar-refractivity contribution in [3.05, 3.63) is 60.2 Å². The molecule has 6 nitrogen and oxygen atoms in total. The van der Waals surface area contributed by atoms with E-state index in [1.807, 2.05) is 32.0 Å². The molecule has 0 bridgehead atoms. The Morgan fingerprint density at radius 2 is 1.65 bits per heavy atom. The van der Waals surface area contributed by atoms with E-state index in [0.717, 1.165) is 6.42 Å². The Kier molecular flexibility index (Phi) is 6.37. The lowest BCUT2D eigenvalue weighted by atomic mass is 9.81. The van der Waals surface area contributed by atoms with Gasteiger partial charge in [-0.25, -0.2) is 8.42 Å². The lowest BCUT2D eigenvalue weighted by Crippen LogP contribution is -2.55. The molecule has 0 spiro atoms. The number of hydrogen-bond donors (Lipinski definition) is 1. The van der Waals surface area contributed by atoms with E-state index in [9.17, 15) is 13.2 Å². The molecule has 0 aromatic heterocycles.